The molecule has 0 aliphatic carbocycles. The van der Waals surface area contributed by atoms with E-state index in [2.05, 4.69) is 5.32 Å². The Bertz CT molecular complexity index is 647. The maximum atomic E-state index is 14.4. The van der Waals surface area contributed by atoms with Crippen LogP contribution in [0.1, 0.15) is 41.6 Å². The van der Waals surface area contributed by atoms with E-state index in [1.54, 1.807) is 18.1 Å². The Kier molecular flexibility index (Phi) is 5.14. The highest BCUT2D eigenvalue weighted by Crippen LogP contribution is 2.27. The number of likely N-dealkylation sites (tertiary alicyclic amines) is 1. The van der Waals surface area contributed by atoms with Gasteiger partial charge in [0, 0.05) is 32.3 Å². The number of amides is 2. The minimum Gasteiger partial charge on any atom is -0.384 e. The molecule has 0 spiro atoms. The van der Waals surface area contributed by atoms with Crippen LogP contribution in [-0.2, 0) is 16.0 Å². The van der Waals surface area contributed by atoms with Crippen LogP contribution in [0.4, 0.5) is 10.1 Å². The Labute approximate surface area is 141 Å². The summed E-state index contributed by atoms with van der Waals surface area (Å²) in [5.74, 6) is -0.666. The van der Waals surface area contributed by atoms with Crippen molar-refractivity contribution in [1.29, 1.82) is 0 Å². The normalized spacial score (nSPS) is 21.0. The van der Waals surface area contributed by atoms with Gasteiger partial charge in [0.05, 0.1) is 12.2 Å². The quantitative estimate of drug-likeness (QED) is 0.924. The Morgan fingerprint density at radius 1 is 1.38 bits per heavy atom. The van der Waals surface area contributed by atoms with Crippen LogP contribution in [0.3, 0.4) is 0 Å². The zero-order chi connectivity index (χ0) is 17.1. The van der Waals surface area contributed by atoms with Crippen LogP contribution in [0.2, 0.25) is 0 Å². The number of ether oxygens (including phenoxy) is 1. The van der Waals surface area contributed by atoms with Crippen LogP contribution < -0.4 is 5.32 Å². The van der Waals surface area contributed by atoms with Crippen molar-refractivity contribution in [2.75, 3.05) is 32.1 Å². The van der Waals surface area contributed by atoms with Crippen LogP contribution in [0.5, 0.6) is 0 Å². The number of nitrogens with zero attached hydrogens (tertiary/aromatic N) is 1. The molecule has 1 fully saturated rings. The highest BCUT2D eigenvalue weighted by Gasteiger charge is 2.26. The summed E-state index contributed by atoms with van der Waals surface area (Å²) >= 11 is 0. The Balaban J connectivity index is 1.82. The van der Waals surface area contributed by atoms with E-state index < -0.39 is 5.82 Å². The maximum absolute atomic E-state index is 14.4. The van der Waals surface area contributed by atoms with E-state index >= 15 is 0 Å². The summed E-state index contributed by atoms with van der Waals surface area (Å²) in [5.41, 5.74) is 1.40. The van der Waals surface area contributed by atoms with Crippen LogP contribution in [-0.4, -0.2) is 43.5 Å². The van der Waals surface area contributed by atoms with Crippen molar-refractivity contribution in [1.82, 2.24) is 4.90 Å². The molecule has 2 amide bonds. The number of rotatable bonds is 3. The van der Waals surface area contributed by atoms with Gasteiger partial charge in [0.25, 0.3) is 5.91 Å². The fourth-order valence-corrected chi connectivity index (χ4v) is 3.52. The minimum absolute atomic E-state index is 0.1000. The van der Waals surface area contributed by atoms with Gasteiger partial charge >= 0.3 is 0 Å². The van der Waals surface area contributed by atoms with Crippen LogP contribution >= 0.6 is 0 Å². The Morgan fingerprint density at radius 2 is 2.21 bits per heavy atom. The van der Waals surface area contributed by atoms with Gasteiger partial charge in [-0.2, -0.15) is 0 Å². The van der Waals surface area contributed by atoms with Crippen molar-refractivity contribution >= 4 is 17.5 Å². The fraction of sp³-hybridized carbons (Fsp3) is 0.556. The van der Waals surface area contributed by atoms with Crippen LogP contribution in [0, 0.1) is 11.7 Å². The smallest absolute Gasteiger partial charge is 0.256 e. The summed E-state index contributed by atoms with van der Waals surface area (Å²) in [5, 5.41) is 2.66. The highest BCUT2D eigenvalue weighted by molar-refractivity contribution is 5.98. The van der Waals surface area contributed by atoms with Gasteiger partial charge in [-0.3, -0.25) is 9.59 Å². The van der Waals surface area contributed by atoms with E-state index in [1.165, 1.54) is 6.07 Å². The van der Waals surface area contributed by atoms with Gasteiger partial charge in [-0.05, 0) is 42.9 Å². The predicted octanol–water partition coefficient (Wildman–Crippen LogP) is 2.60. The molecule has 1 unspecified atom stereocenters. The molecule has 5 nitrogen and oxygen atoms in total. The molecule has 1 saturated heterocycles. The number of carbonyl (C=O) groups is 2. The van der Waals surface area contributed by atoms with Gasteiger partial charge in [-0.25, -0.2) is 4.39 Å². The highest BCUT2D eigenvalue weighted by atomic mass is 19.1. The van der Waals surface area contributed by atoms with E-state index in [1.807, 2.05) is 0 Å². The number of hydrogen-bond acceptors (Lipinski definition) is 3. The molecule has 6 heteroatoms. The summed E-state index contributed by atoms with van der Waals surface area (Å²) < 4.78 is 19.7. The van der Waals surface area contributed by atoms with E-state index in [-0.39, 0.29) is 17.4 Å². The molecule has 0 bridgehead atoms. The summed E-state index contributed by atoms with van der Waals surface area (Å²) in [6.45, 7) is 1.86. The number of carbonyl (C=O) groups excluding carboxylic acids is 2. The lowest BCUT2D eigenvalue weighted by Crippen LogP contribution is -2.36. The first-order valence-corrected chi connectivity index (χ1v) is 8.49. The molecule has 3 rings (SSSR count). The number of benzene rings is 1. The lowest BCUT2D eigenvalue weighted by Gasteiger charge is -2.25. The summed E-state index contributed by atoms with van der Waals surface area (Å²) in [7, 11) is 1.66. The second kappa shape index (κ2) is 7.30. The van der Waals surface area contributed by atoms with Gasteiger partial charge in [0.1, 0.15) is 5.82 Å². The van der Waals surface area contributed by atoms with Gasteiger partial charge in [0.2, 0.25) is 5.91 Å². The molecule has 1 atom stereocenters. The van der Waals surface area contributed by atoms with E-state index in [0.29, 0.717) is 44.1 Å². The molecule has 1 aromatic carbocycles. The molecule has 0 radical (unpaired) electrons. The predicted molar refractivity (Wildman–Crippen MR) is 88.5 cm³/mol. The monoisotopic (exact) mass is 334 g/mol. The number of aryl methyl sites for hydroxylation is 1. The van der Waals surface area contributed by atoms with Crippen molar-refractivity contribution in [2.24, 2.45) is 5.92 Å². The second-order valence-corrected chi connectivity index (χ2v) is 6.61. The lowest BCUT2D eigenvalue weighted by atomic mass is 9.99. The van der Waals surface area contributed by atoms with Crippen molar-refractivity contribution in [3.05, 3.63) is 29.1 Å². The largest absolute Gasteiger partial charge is 0.384 e. The van der Waals surface area contributed by atoms with Gasteiger partial charge < -0.3 is 15.0 Å². The molecular formula is C18H23FN2O3. The van der Waals surface area contributed by atoms with E-state index in [0.717, 1.165) is 24.8 Å². The number of hydrogen-bond donors (Lipinski definition) is 1. The minimum atomic E-state index is -0.575. The first kappa shape index (κ1) is 16.9. The van der Waals surface area contributed by atoms with Crippen molar-refractivity contribution < 1.29 is 18.7 Å². The number of halogens is 1. The zero-order valence-corrected chi connectivity index (χ0v) is 13.9. The third kappa shape index (κ3) is 3.59. The standard InChI is InChI=1S/C18H23FN2O3/c1-24-11-12-4-2-3-7-21(10-12)18(23)14-8-13-5-6-17(22)20-16(13)9-15(14)19/h8-9,12H,2-7,10-11H2,1H3,(H,20,22). The average Bonchev–Trinajstić information content (AvgIpc) is 2.79. The Morgan fingerprint density at radius 3 is 3.00 bits per heavy atom. The Hall–Kier alpha value is -1.95. The lowest BCUT2D eigenvalue weighted by molar-refractivity contribution is -0.116. The number of nitrogens with one attached hydrogen (secondary N) is 1. The first-order valence-electron chi connectivity index (χ1n) is 8.49. The molecule has 0 saturated carbocycles. The number of fused-ring (bicyclic) bond motifs is 1. The fourth-order valence-electron chi connectivity index (χ4n) is 3.52. The molecule has 24 heavy (non-hydrogen) atoms. The second-order valence-electron chi connectivity index (χ2n) is 6.61. The average molecular weight is 334 g/mol. The topological polar surface area (TPSA) is 58.6 Å². The maximum Gasteiger partial charge on any atom is 0.256 e. The molecule has 2 aliphatic heterocycles. The molecular weight excluding hydrogens is 311 g/mol. The first-order chi connectivity index (χ1) is 11.6. The van der Waals surface area contributed by atoms with Crippen molar-refractivity contribution in [2.45, 2.75) is 32.1 Å². The molecule has 0 aromatic heterocycles. The van der Waals surface area contributed by atoms with Crippen LogP contribution in [0.25, 0.3) is 0 Å². The summed E-state index contributed by atoms with van der Waals surface area (Å²) in [6, 6.07) is 2.87. The summed E-state index contributed by atoms with van der Waals surface area (Å²) in [6.07, 6.45) is 3.90. The summed E-state index contributed by atoms with van der Waals surface area (Å²) in [4.78, 5) is 26.0. The van der Waals surface area contributed by atoms with Crippen molar-refractivity contribution in [3.8, 4) is 0 Å². The van der Waals surface area contributed by atoms with E-state index in [4.69, 9.17) is 4.74 Å². The number of anilines is 1. The number of methoxy groups -OCH3 is 1. The molecule has 1 N–H and O–H groups in total. The van der Waals surface area contributed by atoms with E-state index in [9.17, 15) is 14.0 Å². The molecule has 130 valence electrons. The van der Waals surface area contributed by atoms with Crippen molar-refractivity contribution in [3.63, 3.8) is 0 Å². The van der Waals surface area contributed by atoms with Gasteiger partial charge in [0.15, 0.2) is 0 Å². The van der Waals surface area contributed by atoms with Gasteiger partial charge in [-0.1, -0.05) is 6.42 Å². The SMILES string of the molecule is COCC1CCCCN(C(=O)c2cc3c(cc2F)NC(=O)CC3)C1. The molecule has 1 aromatic rings. The van der Waals surface area contributed by atoms with Gasteiger partial charge in [-0.15, -0.1) is 0 Å². The van der Waals surface area contributed by atoms with Crippen LogP contribution in [0.15, 0.2) is 12.1 Å². The molecule has 2 heterocycles. The zero-order valence-electron chi connectivity index (χ0n) is 13.9. The third-order valence-electron chi connectivity index (χ3n) is 4.78. The third-order valence-corrected chi connectivity index (χ3v) is 4.78. The molecule has 2 aliphatic rings.